The summed E-state index contributed by atoms with van der Waals surface area (Å²) in [6.45, 7) is 4.09. The number of anilines is 2. The third-order valence-corrected chi connectivity index (χ3v) is 4.69. The molecule has 2 heterocycles. The monoisotopic (exact) mass is 385 g/mol. The molecule has 4 rings (SSSR count). The van der Waals surface area contributed by atoms with Crippen molar-refractivity contribution >= 4 is 22.5 Å². The molecule has 0 aliphatic carbocycles. The van der Waals surface area contributed by atoms with Crippen LogP contribution >= 0.6 is 0 Å². The summed E-state index contributed by atoms with van der Waals surface area (Å²) in [5, 5.41) is 7.44. The molecule has 3 N–H and O–H groups in total. The van der Waals surface area contributed by atoms with Crippen molar-refractivity contribution in [2.24, 2.45) is 0 Å². The fraction of sp³-hybridized carbons (Fsp3) is 0.174. The summed E-state index contributed by atoms with van der Waals surface area (Å²) in [6, 6.07) is 20.4. The first-order chi connectivity index (χ1) is 14.2. The minimum atomic E-state index is -0.427. The van der Waals surface area contributed by atoms with Gasteiger partial charge in [0.25, 0.3) is 0 Å². The Balaban J connectivity index is 1.51. The van der Waals surface area contributed by atoms with Crippen LogP contribution in [0.5, 0.6) is 0 Å². The van der Waals surface area contributed by atoms with Crippen molar-refractivity contribution in [3.8, 4) is 11.1 Å². The van der Waals surface area contributed by atoms with Crippen molar-refractivity contribution in [1.29, 1.82) is 0 Å². The highest BCUT2D eigenvalue weighted by Gasteiger charge is 2.06. The zero-order valence-corrected chi connectivity index (χ0v) is 16.3. The van der Waals surface area contributed by atoms with Gasteiger partial charge in [-0.25, -0.2) is 9.78 Å². The molecule has 0 amide bonds. The zero-order chi connectivity index (χ0) is 20.1. The van der Waals surface area contributed by atoms with Gasteiger partial charge in [-0.15, -0.1) is 0 Å². The molecule has 146 valence electrons. The molecular weight excluding hydrogens is 362 g/mol. The molecule has 0 atom stereocenters. The van der Waals surface area contributed by atoms with Crippen LogP contribution in [0.4, 0.5) is 11.5 Å². The van der Waals surface area contributed by atoms with E-state index in [0.717, 1.165) is 36.1 Å². The van der Waals surface area contributed by atoms with E-state index in [-0.39, 0.29) is 0 Å². The van der Waals surface area contributed by atoms with Crippen LogP contribution in [0.1, 0.15) is 18.9 Å². The molecule has 0 spiro atoms. The maximum Gasteiger partial charge on any atom is 0.348 e. The fourth-order valence-corrected chi connectivity index (χ4v) is 3.19. The highest BCUT2D eigenvalue weighted by Crippen LogP contribution is 2.25. The Bertz CT molecular complexity index is 1150. The SMILES string of the molecule is CCCNCc1ccc(-c2ccc(Nc3[nH]c(=O)nc4ncccc34)cc2)cc1. The molecule has 2 aromatic heterocycles. The second kappa shape index (κ2) is 8.67. The smallest absolute Gasteiger partial charge is 0.341 e. The Morgan fingerprint density at radius 1 is 0.966 bits per heavy atom. The van der Waals surface area contributed by atoms with E-state index in [9.17, 15) is 4.79 Å². The van der Waals surface area contributed by atoms with Crippen molar-refractivity contribution in [3.05, 3.63) is 82.9 Å². The normalized spacial score (nSPS) is 10.9. The topological polar surface area (TPSA) is 82.7 Å². The first-order valence-electron chi connectivity index (χ1n) is 9.75. The number of nitrogens with one attached hydrogen (secondary N) is 3. The van der Waals surface area contributed by atoms with Crippen LogP contribution in [0.3, 0.4) is 0 Å². The largest absolute Gasteiger partial charge is 0.348 e. The summed E-state index contributed by atoms with van der Waals surface area (Å²) in [6.07, 6.45) is 2.76. The fourth-order valence-electron chi connectivity index (χ4n) is 3.19. The Hall–Kier alpha value is -3.51. The minimum absolute atomic E-state index is 0.420. The molecular formula is C23H23N5O. The zero-order valence-electron chi connectivity index (χ0n) is 16.3. The highest BCUT2D eigenvalue weighted by atomic mass is 16.1. The maximum absolute atomic E-state index is 11.8. The van der Waals surface area contributed by atoms with Crippen LogP contribution < -0.4 is 16.3 Å². The molecule has 0 aliphatic rings. The molecule has 0 saturated carbocycles. The van der Waals surface area contributed by atoms with E-state index < -0.39 is 5.69 Å². The molecule has 0 fully saturated rings. The van der Waals surface area contributed by atoms with Crippen molar-refractivity contribution in [1.82, 2.24) is 20.3 Å². The highest BCUT2D eigenvalue weighted by molar-refractivity contribution is 5.88. The van der Waals surface area contributed by atoms with Gasteiger partial charge in [-0.05, 0) is 53.9 Å². The first-order valence-corrected chi connectivity index (χ1v) is 9.75. The van der Waals surface area contributed by atoms with Crippen LogP contribution in [0.15, 0.2) is 71.7 Å². The molecule has 6 nitrogen and oxygen atoms in total. The van der Waals surface area contributed by atoms with E-state index in [0.29, 0.717) is 11.5 Å². The van der Waals surface area contributed by atoms with Gasteiger partial charge in [-0.2, -0.15) is 4.98 Å². The standard InChI is InChI=1S/C23H23N5O/c1-2-13-24-15-16-5-7-17(8-6-16)18-9-11-19(12-10-18)26-22-20-4-3-14-25-21(20)27-23(29)28-22/h3-12,14,24H,2,13,15H2,1H3,(H2,25,26,27,28,29). The third kappa shape index (κ3) is 4.50. The number of rotatable bonds is 7. The molecule has 0 aliphatic heterocycles. The van der Waals surface area contributed by atoms with Crippen LogP contribution in [0.25, 0.3) is 22.2 Å². The van der Waals surface area contributed by atoms with E-state index in [1.165, 1.54) is 11.1 Å². The van der Waals surface area contributed by atoms with Crippen molar-refractivity contribution in [2.75, 3.05) is 11.9 Å². The van der Waals surface area contributed by atoms with Crippen LogP contribution in [0, 0.1) is 0 Å². The van der Waals surface area contributed by atoms with Gasteiger partial charge in [0.15, 0.2) is 5.65 Å². The number of benzene rings is 2. The number of nitrogens with zero attached hydrogens (tertiary/aromatic N) is 2. The lowest BCUT2D eigenvalue weighted by molar-refractivity contribution is 0.675. The number of pyridine rings is 1. The minimum Gasteiger partial charge on any atom is -0.341 e. The Kier molecular flexibility index (Phi) is 5.63. The number of fused-ring (bicyclic) bond motifs is 1. The Labute approximate surface area is 169 Å². The van der Waals surface area contributed by atoms with E-state index in [1.807, 2.05) is 24.3 Å². The molecule has 29 heavy (non-hydrogen) atoms. The summed E-state index contributed by atoms with van der Waals surface area (Å²) in [7, 11) is 0. The van der Waals surface area contributed by atoms with Gasteiger partial charge in [0.2, 0.25) is 0 Å². The number of aromatic nitrogens is 3. The molecule has 0 unspecified atom stereocenters. The molecule has 0 saturated heterocycles. The van der Waals surface area contributed by atoms with Gasteiger partial charge in [-0.3, -0.25) is 4.98 Å². The van der Waals surface area contributed by atoms with Crippen LogP contribution in [-0.2, 0) is 6.54 Å². The summed E-state index contributed by atoms with van der Waals surface area (Å²) in [4.78, 5) is 22.6. The number of aromatic amines is 1. The summed E-state index contributed by atoms with van der Waals surface area (Å²) >= 11 is 0. The Morgan fingerprint density at radius 2 is 1.69 bits per heavy atom. The van der Waals surface area contributed by atoms with E-state index in [4.69, 9.17) is 0 Å². The first kappa shape index (κ1) is 18.8. The van der Waals surface area contributed by atoms with Crippen LogP contribution in [-0.4, -0.2) is 21.5 Å². The van der Waals surface area contributed by atoms with Gasteiger partial charge in [0.05, 0.1) is 5.39 Å². The number of hydrogen-bond acceptors (Lipinski definition) is 5. The quantitative estimate of drug-likeness (QED) is 0.415. The van der Waals surface area contributed by atoms with E-state index in [1.54, 1.807) is 6.20 Å². The number of H-pyrrole nitrogens is 1. The summed E-state index contributed by atoms with van der Waals surface area (Å²) in [5.41, 5.74) is 4.46. The summed E-state index contributed by atoms with van der Waals surface area (Å²) < 4.78 is 0. The second-order valence-electron chi connectivity index (χ2n) is 6.87. The maximum atomic E-state index is 11.8. The van der Waals surface area contributed by atoms with Gasteiger partial charge >= 0.3 is 5.69 Å². The molecule has 0 radical (unpaired) electrons. The summed E-state index contributed by atoms with van der Waals surface area (Å²) in [5.74, 6) is 0.588. The van der Waals surface area contributed by atoms with Crippen molar-refractivity contribution in [2.45, 2.75) is 19.9 Å². The van der Waals surface area contributed by atoms with E-state index in [2.05, 4.69) is 68.9 Å². The predicted molar refractivity (Wildman–Crippen MR) is 117 cm³/mol. The molecule has 2 aromatic carbocycles. The van der Waals surface area contributed by atoms with Gasteiger partial charge < -0.3 is 10.6 Å². The van der Waals surface area contributed by atoms with E-state index >= 15 is 0 Å². The molecule has 0 bridgehead atoms. The van der Waals surface area contributed by atoms with Gasteiger partial charge in [-0.1, -0.05) is 43.3 Å². The van der Waals surface area contributed by atoms with Crippen LogP contribution in [0.2, 0.25) is 0 Å². The van der Waals surface area contributed by atoms with Crippen molar-refractivity contribution < 1.29 is 0 Å². The third-order valence-electron chi connectivity index (χ3n) is 4.69. The van der Waals surface area contributed by atoms with Crippen molar-refractivity contribution in [3.63, 3.8) is 0 Å². The predicted octanol–water partition coefficient (Wildman–Crippen LogP) is 4.23. The molecule has 6 heteroatoms. The second-order valence-corrected chi connectivity index (χ2v) is 6.87. The lowest BCUT2D eigenvalue weighted by Gasteiger charge is -2.10. The lowest BCUT2D eigenvalue weighted by Crippen LogP contribution is -2.13. The molecule has 4 aromatic rings. The lowest BCUT2D eigenvalue weighted by atomic mass is 10.0. The van der Waals surface area contributed by atoms with Gasteiger partial charge in [0.1, 0.15) is 5.82 Å². The average Bonchev–Trinajstić information content (AvgIpc) is 2.75. The number of hydrogen-bond donors (Lipinski definition) is 3. The van der Waals surface area contributed by atoms with Gasteiger partial charge in [0, 0.05) is 18.4 Å². The Morgan fingerprint density at radius 3 is 2.41 bits per heavy atom. The average molecular weight is 385 g/mol.